The summed E-state index contributed by atoms with van der Waals surface area (Å²) in [4.78, 5) is 4.30. The van der Waals surface area contributed by atoms with Gasteiger partial charge in [-0.15, -0.1) is 10.2 Å². The lowest BCUT2D eigenvalue weighted by atomic mass is 10.1. The molecular weight excluding hydrogens is 302 g/mol. The lowest BCUT2D eigenvalue weighted by molar-refractivity contribution is 0.915. The lowest BCUT2D eigenvalue weighted by Gasteiger charge is -2.06. The molecule has 24 heavy (non-hydrogen) atoms. The number of hydrogen-bond donors (Lipinski definition) is 2. The van der Waals surface area contributed by atoms with Gasteiger partial charge >= 0.3 is 0 Å². The van der Waals surface area contributed by atoms with E-state index in [1.165, 1.54) is 0 Å². The molecule has 2 aromatic heterocycles. The van der Waals surface area contributed by atoms with Crippen LogP contribution in [-0.2, 0) is 7.05 Å². The Balaban J connectivity index is 1.65. The molecule has 0 fully saturated rings. The summed E-state index contributed by atoms with van der Waals surface area (Å²) in [6.45, 7) is 0. The number of rotatable bonds is 3. The molecule has 0 saturated heterocycles. The molecule has 0 bridgehead atoms. The van der Waals surface area contributed by atoms with Crippen LogP contribution in [0.1, 0.15) is 5.69 Å². The van der Waals surface area contributed by atoms with Crippen molar-refractivity contribution in [2.45, 2.75) is 0 Å². The van der Waals surface area contributed by atoms with E-state index in [0.29, 0.717) is 17.3 Å². The van der Waals surface area contributed by atoms with Gasteiger partial charge in [-0.25, -0.2) is 0 Å². The van der Waals surface area contributed by atoms with Crippen LogP contribution in [0.3, 0.4) is 0 Å². The number of nitrogens with zero attached hydrogens (tertiary/aromatic N) is 5. The molecule has 4 rings (SSSR count). The van der Waals surface area contributed by atoms with Gasteiger partial charge in [0, 0.05) is 24.8 Å². The maximum Gasteiger partial charge on any atom is 0.176 e. The van der Waals surface area contributed by atoms with Gasteiger partial charge < -0.3 is 10.3 Å². The van der Waals surface area contributed by atoms with E-state index in [-0.39, 0.29) is 0 Å². The molecule has 7 heteroatoms. The van der Waals surface area contributed by atoms with E-state index in [1.54, 1.807) is 6.20 Å². The van der Waals surface area contributed by atoms with E-state index in [1.807, 2.05) is 60.3 Å². The molecule has 1 aromatic carbocycles. The smallest absolute Gasteiger partial charge is 0.176 e. The Labute approximate surface area is 138 Å². The van der Waals surface area contributed by atoms with E-state index >= 15 is 0 Å². The first-order valence-electron chi connectivity index (χ1n) is 7.44. The molecule has 3 N–H and O–H groups in total. The van der Waals surface area contributed by atoms with Gasteiger partial charge in [-0.2, -0.15) is 5.10 Å². The molecule has 3 aromatic rings. The summed E-state index contributed by atoms with van der Waals surface area (Å²) in [5.74, 6) is 0.293. The Bertz CT molecular complexity index is 1010. The van der Waals surface area contributed by atoms with Crippen LogP contribution in [0.2, 0.25) is 0 Å². The fraction of sp³-hybridized carbons (Fsp3) is 0.0588. The predicted molar refractivity (Wildman–Crippen MR) is 96.4 cm³/mol. The van der Waals surface area contributed by atoms with Crippen molar-refractivity contribution < 1.29 is 0 Å². The number of aryl methyl sites for hydroxylation is 1. The monoisotopic (exact) mass is 317 g/mol. The molecule has 0 unspecified atom stereocenters. The molecule has 3 heterocycles. The Kier molecular flexibility index (Phi) is 3.31. The average Bonchev–Trinajstić information content (AvgIpc) is 3.18. The Hall–Kier alpha value is -3.48. The highest BCUT2D eigenvalue weighted by molar-refractivity contribution is 6.72. The van der Waals surface area contributed by atoms with E-state index in [0.717, 1.165) is 22.3 Å². The molecule has 118 valence electrons. The average molecular weight is 317 g/mol. The second-order valence-electron chi connectivity index (χ2n) is 5.42. The quantitative estimate of drug-likeness (QED) is 0.725. The number of nitrogens with one attached hydrogen (secondary N) is 1. The predicted octanol–water partition coefficient (Wildman–Crippen LogP) is 2.12. The number of pyridine rings is 1. The van der Waals surface area contributed by atoms with Gasteiger partial charge in [0.2, 0.25) is 0 Å². The summed E-state index contributed by atoms with van der Waals surface area (Å²) in [5, 5.41) is 13.5. The standard InChI is InChI=1S/C17H15N7/c1-24-9-3-5-14(24)15-16(17(18)23-21-15)22-20-12-6-7-13-11(10-12)4-2-8-19-13/h2-10,20H,1H3,(H2,18,22,23). The van der Waals surface area contributed by atoms with Crippen molar-refractivity contribution >= 4 is 33.8 Å². The van der Waals surface area contributed by atoms with Gasteiger partial charge in [-0.05, 0) is 36.4 Å². The van der Waals surface area contributed by atoms with Crippen LogP contribution in [0.4, 0.5) is 5.69 Å². The molecule has 0 saturated carbocycles. The molecule has 0 aliphatic carbocycles. The van der Waals surface area contributed by atoms with Crippen LogP contribution in [0.5, 0.6) is 0 Å². The number of benzene rings is 1. The normalized spacial score (nSPS) is 15.6. The van der Waals surface area contributed by atoms with Crippen LogP contribution >= 0.6 is 0 Å². The SMILES string of the molecule is Cn1cccc1C1=NN=C(N)/C1=N/Nc1ccc2ncccc2c1. The largest absolute Gasteiger partial charge is 0.380 e. The van der Waals surface area contributed by atoms with Gasteiger partial charge in [-0.3, -0.25) is 10.4 Å². The van der Waals surface area contributed by atoms with E-state index in [9.17, 15) is 0 Å². The third kappa shape index (κ3) is 2.41. The minimum absolute atomic E-state index is 0.293. The van der Waals surface area contributed by atoms with Crippen molar-refractivity contribution in [1.82, 2.24) is 9.55 Å². The molecule has 1 aliphatic heterocycles. The van der Waals surface area contributed by atoms with Crippen LogP contribution in [0.15, 0.2) is 70.2 Å². The number of anilines is 1. The molecule has 7 nitrogen and oxygen atoms in total. The number of hydrazone groups is 1. The molecule has 1 aliphatic rings. The second kappa shape index (κ2) is 5.62. The van der Waals surface area contributed by atoms with Crippen molar-refractivity contribution in [2.24, 2.45) is 28.1 Å². The molecule has 0 spiro atoms. The molecule has 0 amide bonds. The third-order valence-electron chi connectivity index (χ3n) is 3.81. The maximum absolute atomic E-state index is 5.93. The first-order chi connectivity index (χ1) is 11.7. The lowest BCUT2D eigenvalue weighted by Crippen LogP contribution is -2.29. The summed E-state index contributed by atoms with van der Waals surface area (Å²) >= 11 is 0. The fourth-order valence-electron chi connectivity index (χ4n) is 2.58. The first kappa shape index (κ1) is 14.1. The molecular formula is C17H15N7. The Morgan fingerprint density at radius 1 is 1.12 bits per heavy atom. The van der Waals surface area contributed by atoms with Gasteiger partial charge in [0.15, 0.2) is 11.5 Å². The second-order valence-corrected chi connectivity index (χ2v) is 5.42. The van der Waals surface area contributed by atoms with E-state index < -0.39 is 0 Å². The van der Waals surface area contributed by atoms with Gasteiger partial charge in [-0.1, -0.05) is 6.07 Å². The summed E-state index contributed by atoms with van der Waals surface area (Å²) < 4.78 is 1.95. The summed E-state index contributed by atoms with van der Waals surface area (Å²) in [5.41, 5.74) is 12.8. The van der Waals surface area contributed by atoms with Crippen LogP contribution in [0.25, 0.3) is 10.9 Å². The highest BCUT2D eigenvalue weighted by atomic mass is 15.3. The zero-order valence-electron chi connectivity index (χ0n) is 13.0. The summed E-state index contributed by atoms with van der Waals surface area (Å²) in [6, 6.07) is 13.6. The number of hydrogen-bond acceptors (Lipinski definition) is 6. The van der Waals surface area contributed by atoms with Crippen LogP contribution in [0, 0.1) is 0 Å². The van der Waals surface area contributed by atoms with Crippen molar-refractivity contribution in [3.63, 3.8) is 0 Å². The van der Waals surface area contributed by atoms with Gasteiger partial charge in [0.05, 0.1) is 16.9 Å². The highest BCUT2D eigenvalue weighted by Gasteiger charge is 2.23. The maximum atomic E-state index is 5.93. The van der Waals surface area contributed by atoms with E-state index in [2.05, 4.69) is 25.7 Å². The Morgan fingerprint density at radius 3 is 2.88 bits per heavy atom. The van der Waals surface area contributed by atoms with Crippen molar-refractivity contribution in [3.8, 4) is 0 Å². The topological polar surface area (TPSA) is 93.0 Å². The van der Waals surface area contributed by atoms with Gasteiger partial charge in [0.25, 0.3) is 0 Å². The van der Waals surface area contributed by atoms with Gasteiger partial charge in [0.1, 0.15) is 5.71 Å². The van der Waals surface area contributed by atoms with Crippen LogP contribution < -0.4 is 11.2 Å². The number of aromatic nitrogens is 2. The molecule has 0 atom stereocenters. The fourth-order valence-corrected chi connectivity index (χ4v) is 2.58. The van der Waals surface area contributed by atoms with Crippen molar-refractivity contribution in [2.75, 3.05) is 5.43 Å². The minimum Gasteiger partial charge on any atom is -0.380 e. The molecule has 0 radical (unpaired) electrons. The number of amidine groups is 1. The Morgan fingerprint density at radius 2 is 2.04 bits per heavy atom. The van der Waals surface area contributed by atoms with Crippen LogP contribution in [-0.4, -0.2) is 26.8 Å². The summed E-state index contributed by atoms with van der Waals surface area (Å²) in [6.07, 6.45) is 3.71. The highest BCUT2D eigenvalue weighted by Crippen LogP contribution is 2.17. The van der Waals surface area contributed by atoms with E-state index in [4.69, 9.17) is 5.73 Å². The minimum atomic E-state index is 0.293. The third-order valence-corrected chi connectivity index (χ3v) is 3.81. The van der Waals surface area contributed by atoms with Crippen molar-refractivity contribution in [1.29, 1.82) is 0 Å². The number of nitrogens with two attached hydrogens (primary N) is 1. The first-order valence-corrected chi connectivity index (χ1v) is 7.44. The summed E-state index contributed by atoms with van der Waals surface area (Å²) in [7, 11) is 1.94. The number of fused-ring (bicyclic) bond motifs is 1. The van der Waals surface area contributed by atoms with Crippen molar-refractivity contribution in [3.05, 3.63) is 60.6 Å². The zero-order valence-corrected chi connectivity index (χ0v) is 13.0. The zero-order chi connectivity index (χ0) is 16.5.